The molecule has 2 unspecified atom stereocenters. The first-order chi connectivity index (χ1) is 9.25. The molecule has 1 aromatic carbocycles. The predicted octanol–water partition coefficient (Wildman–Crippen LogP) is 2.67. The third-order valence-electron chi connectivity index (χ3n) is 4.43. The molecular weight excluding hydrogens is 236 g/mol. The molecule has 0 spiro atoms. The minimum atomic E-state index is 0.277. The van der Waals surface area contributed by atoms with Crippen LogP contribution in [0.5, 0.6) is 0 Å². The molecule has 0 aliphatic carbocycles. The summed E-state index contributed by atoms with van der Waals surface area (Å²) in [7, 11) is 0. The van der Waals surface area contributed by atoms with Gasteiger partial charge in [-0.1, -0.05) is 25.1 Å². The minimum Gasteiger partial charge on any atom is -0.313 e. The lowest BCUT2D eigenvalue weighted by atomic mass is 9.91. The Morgan fingerprint density at radius 2 is 2.21 bits per heavy atom. The molecule has 3 nitrogen and oxygen atoms in total. The summed E-state index contributed by atoms with van der Waals surface area (Å²) in [6.45, 7) is 4.18. The van der Waals surface area contributed by atoms with Crippen LogP contribution in [0.4, 0.5) is 5.69 Å². The molecule has 1 aromatic rings. The predicted molar refractivity (Wildman–Crippen MR) is 77.5 cm³/mol. The van der Waals surface area contributed by atoms with Crippen LogP contribution in [0.1, 0.15) is 44.1 Å². The zero-order valence-corrected chi connectivity index (χ0v) is 11.6. The van der Waals surface area contributed by atoms with Crippen LogP contribution < -0.4 is 10.2 Å². The van der Waals surface area contributed by atoms with Gasteiger partial charge in [0, 0.05) is 24.7 Å². The third kappa shape index (κ3) is 2.52. The first kappa shape index (κ1) is 12.7. The first-order valence-electron chi connectivity index (χ1n) is 7.38. The van der Waals surface area contributed by atoms with E-state index in [0.29, 0.717) is 18.4 Å². The molecule has 19 heavy (non-hydrogen) atoms. The Balaban J connectivity index is 1.77. The third-order valence-corrected chi connectivity index (χ3v) is 4.43. The van der Waals surface area contributed by atoms with E-state index >= 15 is 0 Å². The van der Waals surface area contributed by atoms with Crippen LogP contribution in [0.15, 0.2) is 24.3 Å². The van der Waals surface area contributed by atoms with Crippen molar-refractivity contribution >= 4 is 11.6 Å². The summed E-state index contributed by atoms with van der Waals surface area (Å²) in [5.74, 6) is 0.837. The highest BCUT2D eigenvalue weighted by atomic mass is 16.2. The SMILES string of the molecule is CC1CCN(C(=O)CC2CCCN2)c2ccccc21. The molecule has 1 saturated heterocycles. The van der Waals surface area contributed by atoms with Gasteiger partial charge < -0.3 is 10.2 Å². The van der Waals surface area contributed by atoms with Gasteiger partial charge in [0.05, 0.1) is 0 Å². The number of carbonyl (C=O) groups is 1. The maximum absolute atomic E-state index is 12.5. The summed E-state index contributed by atoms with van der Waals surface area (Å²) in [4.78, 5) is 14.5. The van der Waals surface area contributed by atoms with Gasteiger partial charge in [-0.3, -0.25) is 4.79 Å². The fourth-order valence-electron chi connectivity index (χ4n) is 3.26. The van der Waals surface area contributed by atoms with Crippen molar-refractivity contribution in [3.05, 3.63) is 29.8 Å². The van der Waals surface area contributed by atoms with E-state index < -0.39 is 0 Å². The Hall–Kier alpha value is -1.35. The number of hydrogen-bond donors (Lipinski definition) is 1. The van der Waals surface area contributed by atoms with E-state index in [4.69, 9.17) is 0 Å². The number of anilines is 1. The molecule has 2 aliphatic rings. The van der Waals surface area contributed by atoms with Crippen molar-refractivity contribution < 1.29 is 4.79 Å². The highest BCUT2D eigenvalue weighted by Crippen LogP contribution is 2.35. The summed E-state index contributed by atoms with van der Waals surface area (Å²) in [6, 6.07) is 8.74. The molecule has 2 heterocycles. The molecule has 0 radical (unpaired) electrons. The van der Waals surface area contributed by atoms with Crippen LogP contribution in [-0.4, -0.2) is 25.0 Å². The number of amides is 1. The Morgan fingerprint density at radius 3 is 3.00 bits per heavy atom. The van der Waals surface area contributed by atoms with Crippen molar-refractivity contribution in [2.45, 2.75) is 44.6 Å². The van der Waals surface area contributed by atoms with Crippen molar-refractivity contribution in [3.8, 4) is 0 Å². The molecule has 1 fully saturated rings. The number of carbonyl (C=O) groups excluding carboxylic acids is 1. The number of fused-ring (bicyclic) bond motifs is 1. The van der Waals surface area contributed by atoms with Crippen molar-refractivity contribution in [1.29, 1.82) is 0 Å². The van der Waals surface area contributed by atoms with Crippen molar-refractivity contribution in [2.24, 2.45) is 0 Å². The van der Waals surface area contributed by atoms with E-state index in [0.717, 1.165) is 31.6 Å². The molecule has 3 rings (SSSR count). The van der Waals surface area contributed by atoms with Crippen LogP contribution in [0.3, 0.4) is 0 Å². The lowest BCUT2D eigenvalue weighted by Crippen LogP contribution is -2.39. The van der Waals surface area contributed by atoms with Crippen molar-refractivity contribution in [1.82, 2.24) is 5.32 Å². The zero-order valence-electron chi connectivity index (χ0n) is 11.6. The minimum absolute atomic E-state index is 0.277. The van der Waals surface area contributed by atoms with Gasteiger partial charge in [-0.05, 0) is 43.4 Å². The van der Waals surface area contributed by atoms with Crippen molar-refractivity contribution in [2.75, 3.05) is 18.0 Å². The normalized spacial score (nSPS) is 26.3. The quantitative estimate of drug-likeness (QED) is 0.884. The molecule has 102 valence electrons. The summed E-state index contributed by atoms with van der Waals surface area (Å²) in [6.07, 6.45) is 4.05. The number of benzene rings is 1. The molecule has 2 aliphatic heterocycles. The van der Waals surface area contributed by atoms with Gasteiger partial charge in [-0.2, -0.15) is 0 Å². The van der Waals surface area contributed by atoms with Crippen LogP contribution in [0.2, 0.25) is 0 Å². The second-order valence-electron chi connectivity index (χ2n) is 5.79. The van der Waals surface area contributed by atoms with Crippen LogP contribution in [-0.2, 0) is 4.79 Å². The zero-order chi connectivity index (χ0) is 13.2. The summed E-state index contributed by atoms with van der Waals surface area (Å²) in [5, 5.41) is 3.41. The first-order valence-corrected chi connectivity index (χ1v) is 7.38. The molecule has 2 atom stereocenters. The van der Waals surface area contributed by atoms with Crippen molar-refractivity contribution in [3.63, 3.8) is 0 Å². The Labute approximate surface area is 115 Å². The molecule has 1 N–H and O–H groups in total. The Morgan fingerprint density at radius 1 is 1.37 bits per heavy atom. The second-order valence-corrected chi connectivity index (χ2v) is 5.79. The summed E-state index contributed by atoms with van der Waals surface area (Å²) in [5.41, 5.74) is 2.45. The van der Waals surface area contributed by atoms with E-state index in [-0.39, 0.29) is 5.91 Å². The topological polar surface area (TPSA) is 32.3 Å². The van der Waals surface area contributed by atoms with E-state index in [1.807, 2.05) is 11.0 Å². The molecule has 1 amide bonds. The van der Waals surface area contributed by atoms with E-state index in [1.54, 1.807) is 0 Å². The van der Waals surface area contributed by atoms with Gasteiger partial charge in [-0.25, -0.2) is 0 Å². The number of hydrogen-bond acceptors (Lipinski definition) is 2. The summed E-state index contributed by atoms with van der Waals surface area (Å²) < 4.78 is 0. The highest BCUT2D eigenvalue weighted by molar-refractivity contribution is 5.95. The number of nitrogens with one attached hydrogen (secondary N) is 1. The van der Waals surface area contributed by atoms with E-state index in [9.17, 15) is 4.79 Å². The average molecular weight is 258 g/mol. The van der Waals surface area contributed by atoms with Gasteiger partial charge in [0.15, 0.2) is 0 Å². The fraction of sp³-hybridized carbons (Fsp3) is 0.562. The smallest absolute Gasteiger partial charge is 0.228 e. The van der Waals surface area contributed by atoms with Gasteiger partial charge in [0.1, 0.15) is 0 Å². The van der Waals surface area contributed by atoms with Gasteiger partial charge in [0.25, 0.3) is 0 Å². The number of rotatable bonds is 2. The van der Waals surface area contributed by atoms with Crippen LogP contribution in [0, 0.1) is 0 Å². The monoisotopic (exact) mass is 258 g/mol. The number of para-hydroxylation sites is 1. The molecule has 3 heteroatoms. The molecule has 0 aromatic heterocycles. The van der Waals surface area contributed by atoms with Gasteiger partial charge in [-0.15, -0.1) is 0 Å². The lowest BCUT2D eigenvalue weighted by molar-refractivity contribution is -0.119. The Kier molecular flexibility index (Phi) is 3.56. The van der Waals surface area contributed by atoms with Crippen LogP contribution >= 0.6 is 0 Å². The van der Waals surface area contributed by atoms with Gasteiger partial charge in [0.2, 0.25) is 5.91 Å². The van der Waals surface area contributed by atoms with E-state index in [1.165, 1.54) is 12.0 Å². The maximum Gasteiger partial charge on any atom is 0.228 e. The highest BCUT2D eigenvalue weighted by Gasteiger charge is 2.28. The van der Waals surface area contributed by atoms with E-state index in [2.05, 4.69) is 30.4 Å². The Bertz CT molecular complexity index is 466. The van der Waals surface area contributed by atoms with Crippen LogP contribution in [0.25, 0.3) is 0 Å². The average Bonchev–Trinajstić information content (AvgIpc) is 2.92. The van der Waals surface area contributed by atoms with Gasteiger partial charge >= 0.3 is 0 Å². The lowest BCUT2D eigenvalue weighted by Gasteiger charge is -2.33. The molecule has 0 saturated carbocycles. The molecule has 0 bridgehead atoms. The fourth-order valence-corrected chi connectivity index (χ4v) is 3.26. The molecular formula is C16H22N2O. The summed E-state index contributed by atoms with van der Waals surface area (Å²) >= 11 is 0. The largest absolute Gasteiger partial charge is 0.313 e. The number of nitrogens with zero attached hydrogens (tertiary/aromatic N) is 1. The maximum atomic E-state index is 12.5. The standard InChI is InChI=1S/C16H22N2O/c1-12-8-10-18(15-7-3-2-6-14(12)15)16(19)11-13-5-4-9-17-13/h2-3,6-7,12-13,17H,4-5,8-11H2,1H3. The second kappa shape index (κ2) is 5.33.